The van der Waals surface area contributed by atoms with Crippen molar-refractivity contribution in [2.45, 2.75) is 52.1 Å². The van der Waals surface area contributed by atoms with Crippen LogP contribution in [0.1, 0.15) is 46.0 Å². The van der Waals surface area contributed by atoms with E-state index in [4.69, 9.17) is 4.74 Å². The van der Waals surface area contributed by atoms with E-state index in [0.717, 1.165) is 32.1 Å². The first-order chi connectivity index (χ1) is 9.11. The van der Waals surface area contributed by atoms with Gasteiger partial charge in [-0.05, 0) is 33.1 Å². The van der Waals surface area contributed by atoms with E-state index in [-0.39, 0.29) is 12.0 Å². The second-order valence-corrected chi connectivity index (χ2v) is 5.24. The van der Waals surface area contributed by atoms with Crippen LogP contribution in [0.5, 0.6) is 0 Å². The molecule has 1 heterocycles. The van der Waals surface area contributed by atoms with Crippen molar-refractivity contribution in [3.8, 4) is 0 Å². The fourth-order valence-electron chi connectivity index (χ4n) is 2.09. The molecule has 5 heteroatoms. The van der Waals surface area contributed by atoms with Crippen LogP contribution in [0.2, 0.25) is 0 Å². The Morgan fingerprint density at radius 3 is 2.37 bits per heavy atom. The van der Waals surface area contributed by atoms with Crippen molar-refractivity contribution in [3.05, 3.63) is 0 Å². The van der Waals surface area contributed by atoms with Crippen LogP contribution in [0, 0.1) is 0 Å². The molecule has 1 aliphatic rings. The maximum absolute atomic E-state index is 11.9. The fourth-order valence-corrected chi connectivity index (χ4v) is 2.09. The van der Waals surface area contributed by atoms with Crippen molar-refractivity contribution in [3.63, 3.8) is 0 Å². The fraction of sp³-hybridized carbons (Fsp3) is 0.857. The van der Waals surface area contributed by atoms with E-state index in [9.17, 15) is 9.59 Å². The summed E-state index contributed by atoms with van der Waals surface area (Å²) in [6.45, 7) is 6.47. The highest BCUT2D eigenvalue weighted by molar-refractivity contribution is 6.35. The largest absolute Gasteiger partial charge is 0.379 e. The van der Waals surface area contributed by atoms with Gasteiger partial charge in [-0.15, -0.1) is 0 Å². The number of nitrogens with zero attached hydrogens (tertiary/aromatic N) is 1. The SMILES string of the molecule is CC(C)OCCCNC(=O)C(=O)N1CCCCCC1. The molecule has 0 bridgehead atoms. The number of likely N-dealkylation sites (tertiary alicyclic amines) is 1. The molecule has 5 nitrogen and oxygen atoms in total. The summed E-state index contributed by atoms with van der Waals surface area (Å²) in [5.74, 6) is -0.863. The first kappa shape index (κ1) is 16.0. The predicted molar refractivity (Wildman–Crippen MR) is 73.8 cm³/mol. The van der Waals surface area contributed by atoms with Crippen LogP contribution in [-0.4, -0.2) is 49.1 Å². The summed E-state index contributed by atoms with van der Waals surface area (Å²) >= 11 is 0. The van der Waals surface area contributed by atoms with E-state index in [2.05, 4.69) is 5.32 Å². The molecule has 0 atom stereocenters. The number of nitrogens with one attached hydrogen (secondary N) is 1. The number of ether oxygens (including phenoxy) is 1. The van der Waals surface area contributed by atoms with Gasteiger partial charge in [0.05, 0.1) is 6.10 Å². The molecule has 1 rings (SSSR count). The van der Waals surface area contributed by atoms with Crippen LogP contribution in [-0.2, 0) is 14.3 Å². The third-order valence-corrected chi connectivity index (χ3v) is 3.15. The first-order valence-electron chi connectivity index (χ1n) is 7.30. The molecule has 19 heavy (non-hydrogen) atoms. The monoisotopic (exact) mass is 270 g/mol. The zero-order valence-electron chi connectivity index (χ0n) is 12.1. The minimum atomic E-state index is -0.480. The summed E-state index contributed by atoms with van der Waals surface area (Å²) in [4.78, 5) is 25.3. The van der Waals surface area contributed by atoms with E-state index >= 15 is 0 Å². The second kappa shape index (κ2) is 8.91. The van der Waals surface area contributed by atoms with E-state index < -0.39 is 5.91 Å². The zero-order chi connectivity index (χ0) is 14.1. The van der Waals surface area contributed by atoms with Gasteiger partial charge in [0.15, 0.2) is 0 Å². The first-order valence-corrected chi connectivity index (χ1v) is 7.30. The van der Waals surface area contributed by atoms with E-state index in [0.29, 0.717) is 26.2 Å². The Hall–Kier alpha value is -1.10. The van der Waals surface area contributed by atoms with Crippen molar-refractivity contribution >= 4 is 11.8 Å². The molecule has 0 aromatic rings. The maximum atomic E-state index is 11.9. The highest BCUT2D eigenvalue weighted by Crippen LogP contribution is 2.09. The molecular weight excluding hydrogens is 244 g/mol. The van der Waals surface area contributed by atoms with Crippen LogP contribution in [0.15, 0.2) is 0 Å². The smallest absolute Gasteiger partial charge is 0.311 e. The molecule has 1 fully saturated rings. The second-order valence-electron chi connectivity index (χ2n) is 5.24. The molecule has 1 N–H and O–H groups in total. The Morgan fingerprint density at radius 1 is 1.16 bits per heavy atom. The number of hydrogen-bond donors (Lipinski definition) is 1. The molecule has 1 aliphatic heterocycles. The average Bonchev–Trinajstić information content (AvgIpc) is 2.65. The van der Waals surface area contributed by atoms with E-state index in [1.54, 1.807) is 4.90 Å². The minimum Gasteiger partial charge on any atom is -0.379 e. The number of amides is 2. The molecule has 0 aliphatic carbocycles. The third-order valence-electron chi connectivity index (χ3n) is 3.15. The molecule has 0 saturated carbocycles. The van der Waals surface area contributed by atoms with E-state index in [1.165, 1.54) is 0 Å². The van der Waals surface area contributed by atoms with Crippen LogP contribution in [0.25, 0.3) is 0 Å². The number of rotatable bonds is 5. The lowest BCUT2D eigenvalue weighted by molar-refractivity contribution is -0.145. The molecule has 110 valence electrons. The Kier molecular flexibility index (Phi) is 7.48. The highest BCUT2D eigenvalue weighted by Gasteiger charge is 2.21. The summed E-state index contributed by atoms with van der Waals surface area (Å²) in [6, 6.07) is 0. The summed E-state index contributed by atoms with van der Waals surface area (Å²) in [6.07, 6.45) is 5.24. The summed E-state index contributed by atoms with van der Waals surface area (Å²) in [5.41, 5.74) is 0. The van der Waals surface area contributed by atoms with Crippen molar-refractivity contribution in [2.24, 2.45) is 0 Å². The molecule has 2 amide bonds. The Morgan fingerprint density at radius 2 is 1.79 bits per heavy atom. The topological polar surface area (TPSA) is 58.6 Å². The Balaban J connectivity index is 2.18. The van der Waals surface area contributed by atoms with E-state index in [1.807, 2.05) is 13.8 Å². The van der Waals surface area contributed by atoms with Crippen LogP contribution in [0.4, 0.5) is 0 Å². The number of carbonyl (C=O) groups excluding carboxylic acids is 2. The van der Waals surface area contributed by atoms with Gasteiger partial charge in [0.1, 0.15) is 0 Å². The lowest BCUT2D eigenvalue weighted by Crippen LogP contribution is -2.43. The third kappa shape index (κ3) is 6.57. The molecule has 0 spiro atoms. The van der Waals surface area contributed by atoms with Gasteiger partial charge in [-0.2, -0.15) is 0 Å². The number of carbonyl (C=O) groups is 2. The van der Waals surface area contributed by atoms with Gasteiger partial charge in [-0.25, -0.2) is 0 Å². The average molecular weight is 270 g/mol. The van der Waals surface area contributed by atoms with Gasteiger partial charge >= 0.3 is 11.8 Å². The predicted octanol–water partition coefficient (Wildman–Crippen LogP) is 1.32. The number of hydrogen-bond acceptors (Lipinski definition) is 3. The standard InChI is InChI=1S/C14H26N2O3/c1-12(2)19-11-7-8-15-13(17)14(18)16-9-5-3-4-6-10-16/h12H,3-11H2,1-2H3,(H,15,17). The molecule has 1 saturated heterocycles. The highest BCUT2D eigenvalue weighted by atomic mass is 16.5. The molecule has 0 unspecified atom stereocenters. The summed E-state index contributed by atoms with van der Waals surface area (Å²) in [5, 5.41) is 2.66. The Bertz CT molecular complexity index is 284. The normalized spacial score (nSPS) is 16.3. The molecule has 0 aromatic heterocycles. The molecule has 0 aromatic carbocycles. The van der Waals surface area contributed by atoms with Gasteiger partial charge in [-0.3, -0.25) is 9.59 Å². The molecule has 0 radical (unpaired) electrons. The lowest BCUT2D eigenvalue weighted by atomic mass is 10.2. The lowest BCUT2D eigenvalue weighted by Gasteiger charge is -2.19. The van der Waals surface area contributed by atoms with Gasteiger partial charge in [0.25, 0.3) is 0 Å². The van der Waals surface area contributed by atoms with Crippen LogP contribution < -0.4 is 5.32 Å². The van der Waals surface area contributed by atoms with Crippen molar-refractivity contribution in [1.82, 2.24) is 10.2 Å². The van der Waals surface area contributed by atoms with Gasteiger partial charge in [0, 0.05) is 26.2 Å². The van der Waals surface area contributed by atoms with Gasteiger partial charge in [0.2, 0.25) is 0 Å². The minimum absolute atomic E-state index is 0.203. The zero-order valence-corrected chi connectivity index (χ0v) is 12.1. The maximum Gasteiger partial charge on any atom is 0.311 e. The summed E-state index contributed by atoms with van der Waals surface area (Å²) in [7, 11) is 0. The quantitative estimate of drug-likeness (QED) is 0.605. The molecular formula is C14H26N2O3. The van der Waals surface area contributed by atoms with Crippen molar-refractivity contribution in [2.75, 3.05) is 26.2 Å². The Labute approximate surface area is 115 Å². The summed E-state index contributed by atoms with van der Waals surface area (Å²) < 4.78 is 5.37. The van der Waals surface area contributed by atoms with Crippen LogP contribution >= 0.6 is 0 Å². The van der Waals surface area contributed by atoms with Gasteiger partial charge < -0.3 is 15.0 Å². The van der Waals surface area contributed by atoms with Gasteiger partial charge in [-0.1, -0.05) is 12.8 Å². The van der Waals surface area contributed by atoms with Crippen LogP contribution in [0.3, 0.4) is 0 Å². The van der Waals surface area contributed by atoms with Crippen molar-refractivity contribution < 1.29 is 14.3 Å². The van der Waals surface area contributed by atoms with Crippen molar-refractivity contribution in [1.29, 1.82) is 0 Å².